The summed E-state index contributed by atoms with van der Waals surface area (Å²) in [6.45, 7) is 7.29. The number of anilines is 1. The third-order valence-corrected chi connectivity index (χ3v) is 13.7. The Hall–Kier alpha value is -4.36. The predicted octanol–water partition coefficient (Wildman–Crippen LogP) is 6.70. The van der Waals surface area contributed by atoms with Crippen LogP contribution in [0.2, 0.25) is 5.02 Å². The third-order valence-electron chi connectivity index (χ3n) is 11.5. The Balaban J connectivity index is 1.32. The molecular formula is C41H50ClN5O7S. The summed E-state index contributed by atoms with van der Waals surface area (Å²) >= 11 is 6.47. The van der Waals surface area contributed by atoms with Crippen molar-refractivity contribution in [2.75, 3.05) is 37.5 Å². The van der Waals surface area contributed by atoms with Crippen molar-refractivity contribution in [1.29, 1.82) is 0 Å². The average molecular weight is 792 g/mol. The molecule has 4 aliphatic rings. The number of fused-ring (bicyclic) bond motifs is 4. The summed E-state index contributed by atoms with van der Waals surface area (Å²) in [5.41, 5.74) is 3.15. The van der Waals surface area contributed by atoms with Crippen LogP contribution >= 0.6 is 11.6 Å². The standard InChI is InChI=1S/C41H50ClN5O7S/c1-25(2)40(50)54-35-10-6-8-26(3)22-55(51,45-38(49)32-21-46(4)43-39(32)52-5)44-37(48)28-12-16-36-34(19-28)47(20-29-11-14-31(29)35)23-41(24-53-36)17-7-9-27-18-30(42)13-15-33(27)41/h6,10,12-13,15-16,18-19,21,25-26,29,31,35H,7-9,11,14,17,20,22-24H2,1-5H3,(H,44,45,48,49,51)/b10-6+/t26-,29-,31+,35-,41-,55?/m0/s1. The van der Waals surface area contributed by atoms with Crippen molar-refractivity contribution in [3.63, 3.8) is 0 Å². The van der Waals surface area contributed by atoms with Gasteiger partial charge in [-0.2, -0.15) is 0 Å². The van der Waals surface area contributed by atoms with Gasteiger partial charge in [0.1, 0.15) is 27.3 Å². The predicted molar refractivity (Wildman–Crippen MR) is 211 cm³/mol. The fourth-order valence-corrected chi connectivity index (χ4v) is 10.6. The monoisotopic (exact) mass is 791 g/mol. The molecule has 2 aromatic carbocycles. The SMILES string of the molecule is COc1nn(C)cc1C(=O)NS1(=O)=NC(=O)c2ccc3c(c2)N(C[C@@H]2CC[C@H]2[C@@H](OC(=O)C(C)C)/C=C/C[C@H](C)C1)C[C@@]1(CCCc2cc(Cl)ccc21)CO3. The molecule has 6 atom stereocenters. The second-order valence-corrected chi connectivity index (χ2v) is 18.4. The first-order chi connectivity index (χ1) is 26.3. The Kier molecular flexibility index (Phi) is 11.1. The topological polar surface area (TPSA) is 141 Å². The Morgan fingerprint density at radius 1 is 1.16 bits per heavy atom. The van der Waals surface area contributed by atoms with Gasteiger partial charge in [-0.3, -0.25) is 23.8 Å². The summed E-state index contributed by atoms with van der Waals surface area (Å²) in [6, 6.07) is 11.3. The highest BCUT2D eigenvalue weighted by Gasteiger charge is 2.45. The molecule has 7 rings (SSSR count). The molecule has 2 amide bonds. The second kappa shape index (κ2) is 15.6. The molecule has 0 saturated heterocycles. The number of carbonyl (C=O) groups excluding carboxylic acids is 3. The molecule has 2 aliphatic carbocycles. The van der Waals surface area contributed by atoms with Gasteiger partial charge in [-0.1, -0.05) is 44.5 Å². The van der Waals surface area contributed by atoms with E-state index in [1.165, 1.54) is 29.1 Å². The van der Waals surface area contributed by atoms with Crippen LogP contribution in [0.5, 0.6) is 11.6 Å². The van der Waals surface area contributed by atoms with Gasteiger partial charge in [0.2, 0.25) is 5.88 Å². The van der Waals surface area contributed by atoms with E-state index >= 15 is 0 Å². The van der Waals surface area contributed by atoms with Gasteiger partial charge in [0, 0.05) is 48.3 Å². The number of benzene rings is 2. The number of rotatable bonds is 5. The van der Waals surface area contributed by atoms with Gasteiger partial charge in [-0.05, 0) is 97.9 Å². The number of aryl methyl sites for hydroxylation is 2. The zero-order chi connectivity index (χ0) is 39.1. The molecular weight excluding hydrogens is 742 g/mol. The van der Waals surface area contributed by atoms with Crippen LogP contribution in [0, 0.1) is 23.7 Å². The molecule has 3 aromatic rings. The molecule has 294 valence electrons. The van der Waals surface area contributed by atoms with Crippen LogP contribution in [0.1, 0.15) is 84.7 Å². The number of nitrogens with zero attached hydrogens (tertiary/aromatic N) is 4. The fourth-order valence-electron chi connectivity index (χ4n) is 8.49. The lowest BCUT2D eigenvalue weighted by Crippen LogP contribution is -2.50. The number of amides is 2. The van der Waals surface area contributed by atoms with Crippen LogP contribution in [0.25, 0.3) is 0 Å². The molecule has 1 fully saturated rings. The number of halogens is 1. The summed E-state index contributed by atoms with van der Waals surface area (Å²) in [5, 5.41) is 4.86. The van der Waals surface area contributed by atoms with E-state index in [4.69, 9.17) is 25.8 Å². The fraction of sp³-hybridized carbons (Fsp3) is 0.512. The highest BCUT2D eigenvalue weighted by Crippen LogP contribution is 2.47. The first-order valence-electron chi connectivity index (χ1n) is 19.1. The van der Waals surface area contributed by atoms with E-state index in [2.05, 4.69) is 31.2 Å². The van der Waals surface area contributed by atoms with E-state index in [1.807, 2.05) is 39.0 Å². The average Bonchev–Trinajstić information content (AvgIpc) is 3.44. The maximum absolute atomic E-state index is 14.7. The zero-order valence-corrected chi connectivity index (χ0v) is 33.7. The van der Waals surface area contributed by atoms with Crippen LogP contribution < -0.4 is 19.1 Å². The molecule has 1 N–H and O–H groups in total. The summed E-state index contributed by atoms with van der Waals surface area (Å²) < 4.78 is 41.1. The normalized spacial score (nSPS) is 28.4. The molecule has 2 aliphatic heterocycles. The van der Waals surface area contributed by atoms with E-state index in [0.717, 1.165) is 37.8 Å². The Morgan fingerprint density at radius 3 is 2.73 bits per heavy atom. The minimum atomic E-state index is -3.67. The molecule has 12 nitrogen and oxygen atoms in total. The number of methoxy groups -OCH3 is 1. The molecule has 55 heavy (non-hydrogen) atoms. The lowest BCUT2D eigenvalue weighted by molar-refractivity contribution is -0.155. The number of ether oxygens (including phenoxy) is 3. The Morgan fingerprint density at radius 2 is 1.98 bits per heavy atom. The molecule has 1 spiro atoms. The van der Waals surface area contributed by atoms with E-state index in [9.17, 15) is 18.6 Å². The van der Waals surface area contributed by atoms with Crippen LogP contribution in [-0.2, 0) is 38.3 Å². The lowest BCUT2D eigenvalue weighted by Gasteiger charge is -2.46. The third kappa shape index (κ3) is 8.14. The van der Waals surface area contributed by atoms with Crippen molar-refractivity contribution < 1.29 is 32.8 Å². The van der Waals surface area contributed by atoms with Gasteiger partial charge in [0.15, 0.2) is 0 Å². The van der Waals surface area contributed by atoms with E-state index in [-0.39, 0.29) is 57.8 Å². The smallest absolute Gasteiger partial charge is 0.308 e. The minimum Gasteiger partial charge on any atom is -0.490 e. The maximum Gasteiger partial charge on any atom is 0.308 e. The van der Waals surface area contributed by atoms with Crippen molar-refractivity contribution in [1.82, 2.24) is 14.5 Å². The Bertz CT molecular complexity index is 2140. The van der Waals surface area contributed by atoms with Gasteiger partial charge in [-0.15, -0.1) is 9.46 Å². The first-order valence-corrected chi connectivity index (χ1v) is 21.2. The number of aromatic nitrogens is 2. The number of esters is 1. The van der Waals surface area contributed by atoms with Gasteiger partial charge in [0.05, 0.1) is 31.1 Å². The Labute approximate surface area is 328 Å². The van der Waals surface area contributed by atoms with Crippen LogP contribution in [0.3, 0.4) is 0 Å². The highest BCUT2D eigenvalue weighted by atomic mass is 35.5. The van der Waals surface area contributed by atoms with E-state index in [1.54, 1.807) is 25.2 Å². The van der Waals surface area contributed by atoms with Crippen molar-refractivity contribution in [3.05, 3.63) is 82.0 Å². The minimum absolute atomic E-state index is 0.0575. The van der Waals surface area contributed by atoms with E-state index in [0.29, 0.717) is 36.9 Å². The molecule has 1 saturated carbocycles. The summed E-state index contributed by atoms with van der Waals surface area (Å²) in [7, 11) is -0.643. The quantitative estimate of drug-likeness (QED) is 0.221. The number of carbonyl (C=O) groups is 3. The zero-order valence-electron chi connectivity index (χ0n) is 32.1. The molecule has 14 heteroatoms. The second-order valence-electron chi connectivity index (χ2n) is 16.0. The van der Waals surface area contributed by atoms with E-state index < -0.39 is 27.8 Å². The molecule has 3 heterocycles. The lowest BCUT2D eigenvalue weighted by atomic mass is 9.68. The molecule has 0 radical (unpaired) electrons. The summed E-state index contributed by atoms with van der Waals surface area (Å²) in [5.74, 6) is -1.37. The molecule has 2 bridgehead atoms. The highest BCUT2D eigenvalue weighted by molar-refractivity contribution is 7.92. The number of hydrogen-bond acceptors (Lipinski definition) is 9. The van der Waals surface area contributed by atoms with Gasteiger partial charge < -0.3 is 19.1 Å². The number of hydrogen-bond donors (Lipinski definition) is 1. The van der Waals surface area contributed by atoms with Gasteiger partial charge in [0.25, 0.3) is 11.8 Å². The molecule has 1 aromatic heterocycles. The van der Waals surface area contributed by atoms with Gasteiger partial charge in [-0.25, -0.2) is 4.21 Å². The molecule has 1 unspecified atom stereocenters. The van der Waals surface area contributed by atoms with Crippen LogP contribution in [-0.4, -0.2) is 70.4 Å². The van der Waals surface area contributed by atoms with Gasteiger partial charge >= 0.3 is 5.97 Å². The number of allylic oxidation sites excluding steroid dienone is 1. The maximum atomic E-state index is 14.7. The van der Waals surface area contributed by atoms with Crippen molar-refractivity contribution >= 4 is 45.0 Å². The van der Waals surface area contributed by atoms with Crippen molar-refractivity contribution in [2.45, 2.75) is 70.8 Å². The van der Waals surface area contributed by atoms with Crippen molar-refractivity contribution in [3.8, 4) is 11.6 Å². The largest absolute Gasteiger partial charge is 0.490 e. The summed E-state index contributed by atoms with van der Waals surface area (Å²) in [6.07, 6.45) is 10.1. The summed E-state index contributed by atoms with van der Waals surface area (Å²) in [4.78, 5) is 43.0. The van der Waals surface area contributed by atoms with Crippen molar-refractivity contribution in [2.24, 2.45) is 35.1 Å². The van der Waals surface area contributed by atoms with Crippen LogP contribution in [0.4, 0.5) is 5.69 Å². The first kappa shape index (κ1) is 38.9. The van der Waals surface area contributed by atoms with Crippen LogP contribution in [0.15, 0.2) is 59.1 Å². The number of nitrogens with one attached hydrogen (secondary N) is 1.